The van der Waals surface area contributed by atoms with E-state index in [9.17, 15) is 18.0 Å². The first kappa shape index (κ1) is 15.6. The predicted octanol–water partition coefficient (Wildman–Crippen LogP) is 1.45. The van der Waals surface area contributed by atoms with E-state index in [1.54, 1.807) is 5.01 Å². The molecule has 0 saturated carbocycles. The molecule has 1 amide bonds. The molecular formula is C13H15F3N2O3. The molecule has 0 spiro atoms. The van der Waals surface area contributed by atoms with Gasteiger partial charge >= 0.3 is 6.18 Å². The summed E-state index contributed by atoms with van der Waals surface area (Å²) >= 11 is 0. The molecule has 5 nitrogen and oxygen atoms in total. The monoisotopic (exact) mass is 304 g/mol. The lowest BCUT2D eigenvalue weighted by atomic mass is 10.2. The van der Waals surface area contributed by atoms with Crippen molar-refractivity contribution in [3.8, 4) is 5.75 Å². The Morgan fingerprint density at radius 2 is 2.05 bits per heavy atom. The zero-order valence-electron chi connectivity index (χ0n) is 11.2. The molecule has 2 rings (SSSR count). The zero-order chi connectivity index (χ0) is 15.3. The van der Waals surface area contributed by atoms with Gasteiger partial charge in [0, 0.05) is 13.1 Å². The molecule has 21 heavy (non-hydrogen) atoms. The summed E-state index contributed by atoms with van der Waals surface area (Å²) < 4.78 is 47.8. The van der Waals surface area contributed by atoms with E-state index < -0.39 is 17.6 Å². The van der Waals surface area contributed by atoms with Crippen LogP contribution in [-0.4, -0.2) is 43.8 Å². The molecule has 8 heteroatoms. The molecule has 116 valence electrons. The van der Waals surface area contributed by atoms with Crippen LogP contribution < -0.4 is 10.2 Å². The van der Waals surface area contributed by atoms with Crippen LogP contribution in [0.15, 0.2) is 24.3 Å². The summed E-state index contributed by atoms with van der Waals surface area (Å²) in [7, 11) is 0. The number of benzene rings is 1. The maximum atomic E-state index is 12.5. The van der Waals surface area contributed by atoms with Crippen LogP contribution in [0.5, 0.6) is 5.75 Å². The van der Waals surface area contributed by atoms with E-state index in [0.717, 1.165) is 12.1 Å². The third-order valence-corrected chi connectivity index (χ3v) is 2.83. The summed E-state index contributed by atoms with van der Waals surface area (Å²) in [6.07, 6.45) is -4.44. The number of carbonyl (C=O) groups excluding carboxylic acids is 1. The van der Waals surface area contributed by atoms with Gasteiger partial charge in [-0.3, -0.25) is 10.2 Å². The van der Waals surface area contributed by atoms with Gasteiger partial charge < -0.3 is 9.47 Å². The average molecular weight is 304 g/mol. The minimum atomic E-state index is -4.44. The first-order valence-electron chi connectivity index (χ1n) is 6.37. The van der Waals surface area contributed by atoms with Crippen LogP contribution in [0.3, 0.4) is 0 Å². The van der Waals surface area contributed by atoms with E-state index in [1.807, 2.05) is 0 Å². The van der Waals surface area contributed by atoms with Crippen molar-refractivity contribution in [2.75, 3.05) is 32.9 Å². The number of halogens is 3. The second kappa shape index (κ2) is 6.77. The maximum Gasteiger partial charge on any atom is 0.416 e. The van der Waals surface area contributed by atoms with Crippen LogP contribution in [-0.2, 0) is 15.7 Å². The third kappa shape index (κ3) is 4.91. The van der Waals surface area contributed by atoms with Crippen LogP contribution in [0, 0.1) is 0 Å². The molecule has 1 saturated heterocycles. The molecule has 1 heterocycles. The summed E-state index contributed by atoms with van der Waals surface area (Å²) in [6.45, 7) is 1.83. The molecule has 0 radical (unpaired) electrons. The van der Waals surface area contributed by atoms with Crippen molar-refractivity contribution >= 4 is 5.91 Å². The Bertz CT molecular complexity index is 488. The lowest BCUT2D eigenvalue weighted by Gasteiger charge is -2.26. The molecule has 1 N–H and O–H groups in total. The molecule has 0 aromatic heterocycles. The summed E-state index contributed by atoms with van der Waals surface area (Å²) in [4.78, 5) is 11.6. The van der Waals surface area contributed by atoms with Crippen LogP contribution in [0.4, 0.5) is 13.2 Å². The molecular weight excluding hydrogens is 289 g/mol. The van der Waals surface area contributed by atoms with E-state index in [1.165, 1.54) is 12.1 Å². The molecule has 0 bridgehead atoms. The normalized spacial score (nSPS) is 16.5. The molecule has 1 fully saturated rings. The molecule has 0 unspecified atom stereocenters. The first-order valence-corrected chi connectivity index (χ1v) is 6.37. The minimum absolute atomic E-state index is 0.00181. The number of hydrogen-bond donors (Lipinski definition) is 1. The van der Waals surface area contributed by atoms with Gasteiger partial charge in [0.25, 0.3) is 5.91 Å². The number of nitrogens with zero attached hydrogens (tertiary/aromatic N) is 1. The van der Waals surface area contributed by atoms with Gasteiger partial charge in [0.2, 0.25) is 0 Å². The van der Waals surface area contributed by atoms with Crippen LogP contribution in [0.1, 0.15) is 5.56 Å². The molecule has 1 aliphatic rings. The van der Waals surface area contributed by atoms with E-state index >= 15 is 0 Å². The number of morpholine rings is 1. The number of alkyl halides is 3. The van der Waals surface area contributed by atoms with Gasteiger partial charge in [-0.15, -0.1) is 0 Å². The van der Waals surface area contributed by atoms with E-state index in [-0.39, 0.29) is 12.4 Å². The fraction of sp³-hybridized carbons (Fsp3) is 0.462. The Hall–Kier alpha value is -1.80. The van der Waals surface area contributed by atoms with Crippen molar-refractivity contribution in [1.82, 2.24) is 10.4 Å². The van der Waals surface area contributed by atoms with Crippen molar-refractivity contribution in [1.29, 1.82) is 0 Å². The highest BCUT2D eigenvalue weighted by Crippen LogP contribution is 2.31. The summed E-state index contributed by atoms with van der Waals surface area (Å²) in [5, 5.41) is 1.68. The summed E-state index contributed by atoms with van der Waals surface area (Å²) in [5.41, 5.74) is 1.79. The van der Waals surface area contributed by atoms with E-state index in [2.05, 4.69) is 5.43 Å². The van der Waals surface area contributed by atoms with Gasteiger partial charge in [0.05, 0.1) is 18.8 Å². The number of amides is 1. The van der Waals surface area contributed by atoms with Crippen molar-refractivity contribution < 1.29 is 27.4 Å². The molecule has 1 aromatic carbocycles. The smallest absolute Gasteiger partial charge is 0.416 e. The second-order valence-electron chi connectivity index (χ2n) is 4.45. The highest BCUT2D eigenvalue weighted by molar-refractivity contribution is 5.77. The Balaban J connectivity index is 1.83. The fourth-order valence-electron chi connectivity index (χ4n) is 1.79. The molecule has 0 aliphatic carbocycles. The van der Waals surface area contributed by atoms with Crippen molar-refractivity contribution in [3.05, 3.63) is 29.8 Å². The topological polar surface area (TPSA) is 50.8 Å². The lowest BCUT2D eigenvalue weighted by Crippen LogP contribution is -2.49. The van der Waals surface area contributed by atoms with Crippen LogP contribution >= 0.6 is 0 Å². The quantitative estimate of drug-likeness (QED) is 0.915. The van der Waals surface area contributed by atoms with Gasteiger partial charge in [-0.1, -0.05) is 6.07 Å². The number of hydrazine groups is 1. The maximum absolute atomic E-state index is 12.5. The van der Waals surface area contributed by atoms with Gasteiger partial charge in [-0.05, 0) is 18.2 Å². The van der Waals surface area contributed by atoms with E-state index in [4.69, 9.17) is 9.47 Å². The third-order valence-electron chi connectivity index (χ3n) is 2.83. The van der Waals surface area contributed by atoms with Crippen molar-refractivity contribution in [2.45, 2.75) is 6.18 Å². The van der Waals surface area contributed by atoms with Gasteiger partial charge in [-0.2, -0.15) is 13.2 Å². The highest BCUT2D eigenvalue weighted by Gasteiger charge is 2.30. The standard InChI is InChI=1S/C13H15F3N2O3/c14-13(15,16)10-2-1-3-11(8-10)21-9-12(19)17-18-4-6-20-7-5-18/h1-3,8H,4-7,9H2,(H,17,19). The number of hydrogen-bond acceptors (Lipinski definition) is 4. The number of rotatable bonds is 4. The van der Waals surface area contributed by atoms with Gasteiger partial charge in [-0.25, -0.2) is 5.01 Å². The number of nitrogens with one attached hydrogen (secondary N) is 1. The SMILES string of the molecule is O=C(COc1cccc(C(F)(F)F)c1)NN1CCOCC1. The first-order chi connectivity index (χ1) is 9.95. The number of ether oxygens (including phenoxy) is 2. The van der Waals surface area contributed by atoms with Crippen LogP contribution in [0.2, 0.25) is 0 Å². The zero-order valence-corrected chi connectivity index (χ0v) is 11.2. The predicted molar refractivity (Wildman–Crippen MR) is 67.5 cm³/mol. The Morgan fingerprint density at radius 3 is 2.71 bits per heavy atom. The fourth-order valence-corrected chi connectivity index (χ4v) is 1.79. The van der Waals surface area contributed by atoms with E-state index in [0.29, 0.717) is 26.3 Å². The van der Waals surface area contributed by atoms with Gasteiger partial charge in [0.15, 0.2) is 6.61 Å². The van der Waals surface area contributed by atoms with Crippen LogP contribution in [0.25, 0.3) is 0 Å². The highest BCUT2D eigenvalue weighted by atomic mass is 19.4. The largest absolute Gasteiger partial charge is 0.484 e. The second-order valence-corrected chi connectivity index (χ2v) is 4.45. The van der Waals surface area contributed by atoms with Crippen molar-refractivity contribution in [2.24, 2.45) is 0 Å². The number of carbonyl (C=O) groups is 1. The summed E-state index contributed by atoms with van der Waals surface area (Å²) in [5.74, 6) is -0.420. The summed E-state index contributed by atoms with van der Waals surface area (Å²) in [6, 6.07) is 4.41. The molecule has 1 aromatic rings. The Labute approximate surface area is 119 Å². The average Bonchev–Trinajstić information content (AvgIpc) is 2.46. The molecule has 1 aliphatic heterocycles. The minimum Gasteiger partial charge on any atom is -0.484 e. The lowest BCUT2D eigenvalue weighted by molar-refractivity contribution is -0.137. The van der Waals surface area contributed by atoms with Gasteiger partial charge in [0.1, 0.15) is 5.75 Å². The Kier molecular flexibility index (Phi) is 5.03. The van der Waals surface area contributed by atoms with Crippen molar-refractivity contribution in [3.63, 3.8) is 0 Å². The molecule has 0 atom stereocenters. The Morgan fingerprint density at radius 1 is 1.33 bits per heavy atom.